The predicted octanol–water partition coefficient (Wildman–Crippen LogP) is 5.64. The van der Waals surface area contributed by atoms with Crippen LogP contribution in [0.15, 0.2) is 94.1 Å². The fourth-order valence-electron chi connectivity index (χ4n) is 5.51. The Kier molecular flexibility index (Phi) is 3.34. The molecule has 0 aliphatic carbocycles. The number of benzene rings is 3. The van der Waals surface area contributed by atoms with Crippen LogP contribution in [0.5, 0.6) is 5.95 Å². The second-order valence-electron chi connectivity index (χ2n) is 8.46. The van der Waals surface area contributed by atoms with Gasteiger partial charge in [-0.15, -0.1) is 0 Å². The van der Waals surface area contributed by atoms with Gasteiger partial charge in [-0.2, -0.15) is 0 Å². The van der Waals surface area contributed by atoms with Crippen LogP contribution < -0.4 is 10.2 Å². The van der Waals surface area contributed by atoms with E-state index in [1.807, 2.05) is 42.5 Å². The zero-order chi connectivity index (χ0) is 20.5. The molecule has 0 N–H and O–H groups in total. The smallest absolute Gasteiger partial charge is 0.293 e. The molecule has 0 bridgehead atoms. The van der Waals surface area contributed by atoms with Gasteiger partial charge in [0, 0.05) is 29.6 Å². The SMILES string of the molecule is O=c1c2c(oc3ccccc13)OC(c1ccccc1)[C@@H]1Cn3c(cc4ccccc43)[C@H]21. The number of hydrogen-bond donors (Lipinski definition) is 0. The van der Waals surface area contributed by atoms with Crippen molar-refractivity contribution >= 4 is 21.9 Å². The first-order valence-corrected chi connectivity index (χ1v) is 10.6. The van der Waals surface area contributed by atoms with Gasteiger partial charge in [-0.05, 0) is 35.2 Å². The third kappa shape index (κ3) is 2.27. The van der Waals surface area contributed by atoms with E-state index in [0.29, 0.717) is 22.5 Å². The Labute approximate surface area is 178 Å². The maximum Gasteiger partial charge on any atom is 0.293 e. The van der Waals surface area contributed by atoms with Crippen LogP contribution in [0.3, 0.4) is 0 Å². The molecule has 2 aliphatic rings. The largest absolute Gasteiger partial charge is 0.456 e. The van der Waals surface area contributed by atoms with Crippen molar-refractivity contribution in [2.75, 3.05) is 0 Å². The van der Waals surface area contributed by atoms with Gasteiger partial charge in [0.2, 0.25) is 5.43 Å². The van der Waals surface area contributed by atoms with E-state index in [1.54, 1.807) is 0 Å². The summed E-state index contributed by atoms with van der Waals surface area (Å²) < 4.78 is 15.0. The molecule has 4 nitrogen and oxygen atoms in total. The fourth-order valence-corrected chi connectivity index (χ4v) is 5.51. The van der Waals surface area contributed by atoms with Crippen LogP contribution in [0.4, 0.5) is 0 Å². The van der Waals surface area contributed by atoms with E-state index in [0.717, 1.165) is 12.1 Å². The van der Waals surface area contributed by atoms with Crippen molar-refractivity contribution in [2.24, 2.45) is 5.92 Å². The maximum absolute atomic E-state index is 13.6. The van der Waals surface area contributed by atoms with Crippen LogP contribution in [-0.4, -0.2) is 4.57 Å². The minimum Gasteiger partial charge on any atom is -0.456 e. The molecule has 3 atom stereocenters. The van der Waals surface area contributed by atoms with Crippen LogP contribution in [0.25, 0.3) is 21.9 Å². The molecule has 0 radical (unpaired) electrons. The summed E-state index contributed by atoms with van der Waals surface area (Å²) in [6, 6.07) is 28.3. The standard InChI is InChI=1S/C27H19NO3/c29-25-18-11-5-7-13-22(18)30-27-24(25)23-19(26(31-27)16-8-2-1-3-9-16)15-28-20-12-6-4-10-17(20)14-21(23)28/h1-14,19,23,26H,15H2/t19-,23-,26?/m1/s1. The van der Waals surface area contributed by atoms with E-state index in [2.05, 4.69) is 47.0 Å². The predicted molar refractivity (Wildman–Crippen MR) is 120 cm³/mol. The highest BCUT2D eigenvalue weighted by Crippen LogP contribution is 2.53. The van der Waals surface area contributed by atoms with Crippen LogP contribution in [0.1, 0.15) is 28.8 Å². The first-order chi connectivity index (χ1) is 15.3. The quantitative estimate of drug-likeness (QED) is 0.362. The van der Waals surface area contributed by atoms with E-state index in [9.17, 15) is 4.79 Å². The highest BCUT2D eigenvalue weighted by atomic mass is 16.6. The normalized spacial score (nSPS) is 21.5. The lowest BCUT2D eigenvalue weighted by molar-refractivity contribution is 0.0717. The number of rotatable bonds is 1. The van der Waals surface area contributed by atoms with Crippen molar-refractivity contribution in [1.29, 1.82) is 0 Å². The van der Waals surface area contributed by atoms with Gasteiger partial charge >= 0.3 is 0 Å². The van der Waals surface area contributed by atoms with Crippen molar-refractivity contribution in [1.82, 2.24) is 4.57 Å². The Morgan fingerprint density at radius 1 is 0.871 bits per heavy atom. The molecule has 1 unspecified atom stereocenters. The van der Waals surface area contributed by atoms with Gasteiger partial charge in [0.1, 0.15) is 11.7 Å². The van der Waals surface area contributed by atoms with E-state index >= 15 is 0 Å². The molecule has 7 rings (SSSR count). The number of fused-ring (bicyclic) bond motifs is 8. The lowest BCUT2D eigenvalue weighted by Gasteiger charge is -2.34. The molecule has 4 heteroatoms. The molecule has 3 aromatic carbocycles. The van der Waals surface area contributed by atoms with E-state index in [-0.39, 0.29) is 23.4 Å². The molecule has 4 heterocycles. The topological polar surface area (TPSA) is 44.4 Å². The highest BCUT2D eigenvalue weighted by Gasteiger charge is 2.48. The zero-order valence-electron chi connectivity index (χ0n) is 16.7. The van der Waals surface area contributed by atoms with Crippen molar-refractivity contribution in [3.63, 3.8) is 0 Å². The lowest BCUT2D eigenvalue weighted by atomic mass is 9.78. The Morgan fingerprint density at radius 3 is 2.55 bits per heavy atom. The Bertz CT molecular complexity index is 1530. The summed E-state index contributed by atoms with van der Waals surface area (Å²) in [7, 11) is 0. The monoisotopic (exact) mass is 405 g/mol. The summed E-state index contributed by atoms with van der Waals surface area (Å²) in [5.41, 5.74) is 4.70. The summed E-state index contributed by atoms with van der Waals surface area (Å²) in [5.74, 6) is 0.415. The molecule has 0 saturated heterocycles. The molecule has 0 spiro atoms. The summed E-state index contributed by atoms with van der Waals surface area (Å²) >= 11 is 0. The summed E-state index contributed by atoms with van der Waals surface area (Å²) in [6.45, 7) is 0.804. The molecular weight excluding hydrogens is 386 g/mol. The first-order valence-electron chi connectivity index (χ1n) is 10.6. The van der Waals surface area contributed by atoms with Crippen LogP contribution in [-0.2, 0) is 6.54 Å². The summed E-state index contributed by atoms with van der Waals surface area (Å²) in [6.07, 6.45) is -0.179. The fraction of sp³-hybridized carbons (Fsp3) is 0.148. The van der Waals surface area contributed by atoms with E-state index in [1.165, 1.54) is 16.6 Å². The molecule has 0 saturated carbocycles. The minimum atomic E-state index is -0.179. The van der Waals surface area contributed by atoms with Gasteiger partial charge < -0.3 is 13.7 Å². The number of hydrogen-bond acceptors (Lipinski definition) is 3. The van der Waals surface area contributed by atoms with Crippen molar-refractivity contribution in [3.8, 4) is 5.95 Å². The van der Waals surface area contributed by atoms with Gasteiger partial charge in [0.15, 0.2) is 0 Å². The van der Waals surface area contributed by atoms with Gasteiger partial charge in [-0.1, -0.05) is 60.7 Å². The Hall–Kier alpha value is -3.79. The molecular formula is C27H19NO3. The van der Waals surface area contributed by atoms with E-state index in [4.69, 9.17) is 9.15 Å². The number of aromatic nitrogens is 1. The summed E-state index contributed by atoms with van der Waals surface area (Å²) in [5, 5.41) is 1.81. The molecule has 0 amide bonds. The van der Waals surface area contributed by atoms with Crippen LogP contribution >= 0.6 is 0 Å². The maximum atomic E-state index is 13.6. The van der Waals surface area contributed by atoms with Crippen LogP contribution in [0, 0.1) is 5.92 Å². The molecule has 0 fully saturated rings. The van der Waals surface area contributed by atoms with E-state index < -0.39 is 0 Å². The minimum absolute atomic E-state index is 0.0112. The zero-order valence-corrected chi connectivity index (χ0v) is 16.7. The molecule has 2 aromatic heterocycles. The summed E-state index contributed by atoms with van der Waals surface area (Å²) in [4.78, 5) is 13.6. The third-order valence-electron chi connectivity index (χ3n) is 6.84. The number of ether oxygens (including phenoxy) is 1. The number of para-hydroxylation sites is 2. The van der Waals surface area contributed by atoms with Gasteiger partial charge in [-0.3, -0.25) is 4.79 Å². The van der Waals surface area contributed by atoms with Gasteiger partial charge in [0.05, 0.1) is 10.9 Å². The Morgan fingerprint density at radius 2 is 1.65 bits per heavy atom. The van der Waals surface area contributed by atoms with Gasteiger partial charge in [-0.25, -0.2) is 0 Å². The van der Waals surface area contributed by atoms with Gasteiger partial charge in [0.25, 0.3) is 5.95 Å². The third-order valence-corrected chi connectivity index (χ3v) is 6.84. The highest BCUT2D eigenvalue weighted by molar-refractivity contribution is 5.83. The second kappa shape index (κ2) is 6.11. The average Bonchev–Trinajstić information content (AvgIpc) is 3.36. The number of nitrogens with zero attached hydrogens (tertiary/aromatic N) is 1. The van der Waals surface area contributed by atoms with Crippen molar-refractivity contribution < 1.29 is 9.15 Å². The molecule has 150 valence electrons. The van der Waals surface area contributed by atoms with Crippen molar-refractivity contribution in [2.45, 2.75) is 18.6 Å². The Balaban J connectivity index is 1.53. The lowest BCUT2D eigenvalue weighted by Crippen LogP contribution is -2.32. The molecule has 2 aliphatic heterocycles. The molecule has 31 heavy (non-hydrogen) atoms. The van der Waals surface area contributed by atoms with Crippen LogP contribution in [0.2, 0.25) is 0 Å². The molecule has 5 aromatic rings. The average molecular weight is 405 g/mol. The first kappa shape index (κ1) is 16.9. The van der Waals surface area contributed by atoms with Crippen molar-refractivity contribution in [3.05, 3.63) is 112 Å². The second-order valence-corrected chi connectivity index (χ2v) is 8.46.